The van der Waals surface area contributed by atoms with Gasteiger partial charge in [0.1, 0.15) is 6.10 Å². The van der Waals surface area contributed by atoms with Crippen molar-refractivity contribution in [1.29, 1.82) is 0 Å². The fraction of sp³-hybridized carbons (Fsp3) is 0.519. The first kappa shape index (κ1) is 23.0. The Morgan fingerprint density at radius 3 is 1.81 bits per heavy atom. The summed E-state index contributed by atoms with van der Waals surface area (Å²) in [4.78, 5) is 19.5. The van der Waals surface area contributed by atoms with E-state index in [-0.39, 0.29) is 6.10 Å². The number of benzene rings is 2. The van der Waals surface area contributed by atoms with Crippen molar-refractivity contribution in [2.45, 2.75) is 31.8 Å². The predicted octanol–water partition coefficient (Wildman–Crippen LogP) is 3.81. The van der Waals surface area contributed by atoms with Gasteiger partial charge in [0, 0.05) is 45.8 Å². The minimum atomic E-state index is -0.0371. The van der Waals surface area contributed by atoms with Gasteiger partial charge in [-0.25, -0.2) is 0 Å². The lowest BCUT2D eigenvalue weighted by molar-refractivity contribution is -0.132. The molecule has 0 atom stereocenters. The van der Waals surface area contributed by atoms with Gasteiger partial charge in [-0.3, -0.25) is 14.6 Å². The average Bonchev–Trinajstić information content (AvgIpc) is 3.14. The molecule has 5 heteroatoms. The molecule has 2 heterocycles. The summed E-state index contributed by atoms with van der Waals surface area (Å²) in [6.07, 6.45) is 4.81. The molecule has 2 aromatic rings. The van der Waals surface area contributed by atoms with Gasteiger partial charge in [0.2, 0.25) is 5.91 Å². The van der Waals surface area contributed by atoms with Crippen molar-refractivity contribution < 1.29 is 9.53 Å². The highest BCUT2D eigenvalue weighted by Crippen LogP contribution is 2.25. The van der Waals surface area contributed by atoms with Crippen LogP contribution in [0.5, 0.6) is 0 Å². The number of likely N-dealkylation sites (tertiary alicyclic amines) is 1. The van der Waals surface area contributed by atoms with E-state index in [1.54, 1.807) is 0 Å². The molecule has 1 amide bonds. The second-order valence-electron chi connectivity index (χ2n) is 8.98. The molecule has 0 unspecified atom stereocenters. The summed E-state index contributed by atoms with van der Waals surface area (Å²) in [7, 11) is 0. The molecule has 2 saturated heterocycles. The molecule has 0 bridgehead atoms. The third-order valence-electron chi connectivity index (χ3n) is 6.68. The van der Waals surface area contributed by atoms with Crippen LogP contribution in [0.25, 0.3) is 0 Å². The molecule has 0 N–H and O–H groups in total. The SMILES string of the molecule is O=C(CN1CCN(CCOC(c2ccccc2)c2ccccc2)CC1)N1CCCCCC1. The van der Waals surface area contributed by atoms with Crippen molar-refractivity contribution in [2.75, 3.05) is 59.0 Å². The smallest absolute Gasteiger partial charge is 0.236 e. The molecule has 4 rings (SSSR count). The number of hydrogen-bond donors (Lipinski definition) is 0. The van der Waals surface area contributed by atoms with Crippen molar-refractivity contribution in [3.63, 3.8) is 0 Å². The predicted molar refractivity (Wildman–Crippen MR) is 129 cm³/mol. The Hall–Kier alpha value is -2.21. The second kappa shape index (κ2) is 12.1. The summed E-state index contributed by atoms with van der Waals surface area (Å²) in [6, 6.07) is 20.9. The van der Waals surface area contributed by atoms with Gasteiger partial charge in [0.05, 0.1) is 13.2 Å². The van der Waals surface area contributed by atoms with Crippen molar-refractivity contribution in [2.24, 2.45) is 0 Å². The lowest BCUT2D eigenvalue weighted by atomic mass is 10.0. The van der Waals surface area contributed by atoms with E-state index in [0.717, 1.165) is 58.7 Å². The number of rotatable bonds is 8. The Labute approximate surface area is 193 Å². The first-order valence-electron chi connectivity index (χ1n) is 12.2. The van der Waals surface area contributed by atoms with Gasteiger partial charge in [-0.05, 0) is 24.0 Å². The van der Waals surface area contributed by atoms with E-state index in [0.29, 0.717) is 19.1 Å². The molecule has 0 radical (unpaired) electrons. The summed E-state index contributed by atoms with van der Waals surface area (Å²) in [5, 5.41) is 0. The second-order valence-corrected chi connectivity index (χ2v) is 8.98. The monoisotopic (exact) mass is 435 g/mol. The van der Waals surface area contributed by atoms with Crippen LogP contribution in [0.4, 0.5) is 0 Å². The standard InChI is InChI=1S/C27H37N3O2/c31-26(30-15-9-1-2-10-16-30)23-29-19-17-28(18-20-29)21-22-32-27(24-11-5-3-6-12-24)25-13-7-4-8-14-25/h3-8,11-14,27H,1-2,9-10,15-23H2. The van der Waals surface area contributed by atoms with E-state index in [2.05, 4.69) is 63.2 Å². The highest BCUT2D eigenvalue weighted by atomic mass is 16.5. The van der Waals surface area contributed by atoms with Crippen molar-refractivity contribution in [1.82, 2.24) is 14.7 Å². The molecule has 2 aliphatic rings. The Morgan fingerprint density at radius 1 is 0.719 bits per heavy atom. The number of ether oxygens (including phenoxy) is 1. The van der Waals surface area contributed by atoms with E-state index < -0.39 is 0 Å². The molecule has 172 valence electrons. The molecule has 32 heavy (non-hydrogen) atoms. The quantitative estimate of drug-likeness (QED) is 0.632. The zero-order valence-electron chi connectivity index (χ0n) is 19.2. The zero-order chi connectivity index (χ0) is 22.0. The summed E-state index contributed by atoms with van der Waals surface area (Å²) in [6.45, 7) is 8.00. The van der Waals surface area contributed by atoms with Gasteiger partial charge in [-0.1, -0.05) is 73.5 Å². The maximum Gasteiger partial charge on any atom is 0.236 e. The molecular weight excluding hydrogens is 398 g/mol. The van der Waals surface area contributed by atoms with Crippen molar-refractivity contribution in [3.05, 3.63) is 71.8 Å². The zero-order valence-corrected chi connectivity index (χ0v) is 19.2. The Bertz CT molecular complexity index is 759. The number of nitrogens with zero attached hydrogens (tertiary/aromatic N) is 3. The Kier molecular flexibility index (Phi) is 8.71. The molecule has 0 saturated carbocycles. The highest BCUT2D eigenvalue weighted by Gasteiger charge is 2.22. The molecule has 2 fully saturated rings. The van der Waals surface area contributed by atoms with Crippen molar-refractivity contribution in [3.8, 4) is 0 Å². The largest absolute Gasteiger partial charge is 0.367 e. The molecule has 0 spiro atoms. The maximum absolute atomic E-state index is 12.7. The van der Waals surface area contributed by atoms with Crippen LogP contribution in [-0.4, -0.2) is 79.6 Å². The van der Waals surface area contributed by atoms with E-state index in [1.807, 2.05) is 12.1 Å². The summed E-state index contributed by atoms with van der Waals surface area (Å²) < 4.78 is 6.38. The molecule has 0 aliphatic carbocycles. The van der Waals surface area contributed by atoms with Crippen LogP contribution >= 0.6 is 0 Å². The number of piperazine rings is 1. The van der Waals surface area contributed by atoms with Gasteiger partial charge >= 0.3 is 0 Å². The number of hydrogen-bond acceptors (Lipinski definition) is 4. The maximum atomic E-state index is 12.7. The van der Waals surface area contributed by atoms with Crippen LogP contribution in [0, 0.1) is 0 Å². The van der Waals surface area contributed by atoms with Gasteiger partial charge in [-0.15, -0.1) is 0 Å². The number of carbonyl (C=O) groups is 1. The number of amides is 1. The molecule has 0 aromatic heterocycles. The summed E-state index contributed by atoms with van der Waals surface area (Å²) in [5.74, 6) is 0.317. The first-order chi connectivity index (χ1) is 15.8. The van der Waals surface area contributed by atoms with E-state index in [1.165, 1.54) is 24.0 Å². The minimum Gasteiger partial charge on any atom is -0.367 e. The average molecular weight is 436 g/mol. The first-order valence-corrected chi connectivity index (χ1v) is 12.2. The van der Waals surface area contributed by atoms with Crippen LogP contribution in [0.1, 0.15) is 42.9 Å². The Morgan fingerprint density at radius 2 is 1.25 bits per heavy atom. The van der Waals surface area contributed by atoms with Crippen molar-refractivity contribution >= 4 is 5.91 Å². The molecule has 2 aliphatic heterocycles. The van der Waals surface area contributed by atoms with E-state index in [4.69, 9.17) is 4.74 Å². The molecule has 5 nitrogen and oxygen atoms in total. The normalized spacial score (nSPS) is 18.6. The van der Waals surface area contributed by atoms with Crippen LogP contribution < -0.4 is 0 Å². The van der Waals surface area contributed by atoms with Gasteiger partial charge in [0.15, 0.2) is 0 Å². The summed E-state index contributed by atoms with van der Waals surface area (Å²) >= 11 is 0. The fourth-order valence-corrected chi connectivity index (χ4v) is 4.72. The number of carbonyl (C=O) groups excluding carboxylic acids is 1. The van der Waals surface area contributed by atoms with Crippen LogP contribution in [0.2, 0.25) is 0 Å². The minimum absolute atomic E-state index is 0.0371. The van der Waals surface area contributed by atoms with Crippen LogP contribution in [0.15, 0.2) is 60.7 Å². The molecule has 2 aromatic carbocycles. The third-order valence-corrected chi connectivity index (χ3v) is 6.68. The lowest BCUT2D eigenvalue weighted by Gasteiger charge is -2.35. The van der Waals surface area contributed by atoms with Crippen LogP contribution in [0.3, 0.4) is 0 Å². The Balaban J connectivity index is 1.21. The van der Waals surface area contributed by atoms with Gasteiger partial charge < -0.3 is 9.64 Å². The van der Waals surface area contributed by atoms with E-state index >= 15 is 0 Å². The summed E-state index contributed by atoms with van der Waals surface area (Å²) in [5.41, 5.74) is 2.38. The van der Waals surface area contributed by atoms with E-state index in [9.17, 15) is 4.79 Å². The van der Waals surface area contributed by atoms with Gasteiger partial charge in [-0.2, -0.15) is 0 Å². The molecular formula is C27H37N3O2. The van der Waals surface area contributed by atoms with Crippen LogP contribution in [-0.2, 0) is 9.53 Å². The highest BCUT2D eigenvalue weighted by molar-refractivity contribution is 5.78. The topological polar surface area (TPSA) is 36.0 Å². The third kappa shape index (κ3) is 6.64. The lowest BCUT2D eigenvalue weighted by Crippen LogP contribution is -2.50. The fourth-order valence-electron chi connectivity index (χ4n) is 4.72. The van der Waals surface area contributed by atoms with Gasteiger partial charge in [0.25, 0.3) is 0 Å².